The van der Waals surface area contributed by atoms with Crippen molar-refractivity contribution in [2.75, 3.05) is 0 Å². The predicted molar refractivity (Wildman–Crippen MR) is 170 cm³/mol. The van der Waals surface area contributed by atoms with Gasteiger partial charge in [-0.05, 0) is 47.8 Å². The van der Waals surface area contributed by atoms with Gasteiger partial charge in [-0.2, -0.15) is 0 Å². The molecule has 1 aliphatic rings. The average Bonchev–Trinajstić information content (AvgIpc) is 3.03. The van der Waals surface area contributed by atoms with Gasteiger partial charge in [-0.15, -0.1) is 0 Å². The van der Waals surface area contributed by atoms with E-state index < -0.39 is 24.2 Å². The quantitative estimate of drug-likeness (QED) is 0.270. The van der Waals surface area contributed by atoms with Crippen molar-refractivity contribution < 1.29 is 0 Å². The minimum absolute atomic E-state index is 0.447. The molecule has 0 N–H and O–H groups in total. The van der Waals surface area contributed by atoms with Gasteiger partial charge >= 0.3 is 0 Å². The van der Waals surface area contributed by atoms with Crippen LogP contribution in [0.2, 0.25) is 39.3 Å². The summed E-state index contributed by atoms with van der Waals surface area (Å²) in [5, 5.41) is 9.49. The van der Waals surface area contributed by atoms with Gasteiger partial charge in [-0.3, -0.25) is 0 Å². The molecule has 0 bridgehead atoms. The molecule has 0 spiro atoms. The number of rotatable bonds is 6. The SMILES string of the molecule is CC1=C(C)C(C)C([Si](c2ccccc2)(c2ccccc2)c2cc([Si](C)(C)C)cc([Si](C)(C)C)c2)=C1C. The highest BCUT2D eigenvalue weighted by atomic mass is 28.3. The maximum atomic E-state index is 2.65. The van der Waals surface area contributed by atoms with Gasteiger partial charge in [0.2, 0.25) is 0 Å². The number of hydrogen-bond donors (Lipinski definition) is 0. The molecule has 0 saturated carbocycles. The number of benzene rings is 3. The average molecular weight is 525 g/mol. The Kier molecular flexibility index (Phi) is 7.15. The molecule has 1 unspecified atom stereocenters. The first-order chi connectivity index (χ1) is 16.8. The molecule has 0 nitrogen and oxygen atoms in total. The number of allylic oxidation sites excluding steroid dienone is 4. The lowest BCUT2D eigenvalue weighted by Crippen LogP contribution is -2.71. The molecule has 1 atom stereocenters. The van der Waals surface area contributed by atoms with Crippen molar-refractivity contribution in [3.05, 3.63) is 101 Å². The zero-order valence-corrected chi connectivity index (χ0v) is 27.1. The van der Waals surface area contributed by atoms with E-state index in [2.05, 4.69) is 146 Å². The van der Waals surface area contributed by atoms with Gasteiger partial charge < -0.3 is 0 Å². The summed E-state index contributed by atoms with van der Waals surface area (Å²) in [5.41, 5.74) is 4.55. The molecule has 1 aliphatic carbocycles. The molecule has 0 aromatic heterocycles. The molecule has 36 heavy (non-hydrogen) atoms. The van der Waals surface area contributed by atoms with Crippen molar-refractivity contribution in [2.45, 2.75) is 67.0 Å². The minimum atomic E-state index is -2.54. The van der Waals surface area contributed by atoms with E-state index >= 15 is 0 Å². The summed E-state index contributed by atoms with van der Waals surface area (Å²) in [6, 6.07) is 30.9. The molecule has 188 valence electrons. The maximum Gasteiger partial charge on any atom is 0.176 e. The predicted octanol–water partition coefficient (Wildman–Crippen LogP) is 6.09. The normalized spacial score (nSPS) is 17.2. The first-order valence-corrected chi connectivity index (χ1v) is 22.5. The lowest BCUT2D eigenvalue weighted by Gasteiger charge is -2.40. The Morgan fingerprint density at radius 3 is 1.22 bits per heavy atom. The highest BCUT2D eigenvalue weighted by Gasteiger charge is 2.48. The van der Waals surface area contributed by atoms with Crippen molar-refractivity contribution in [3.63, 3.8) is 0 Å². The smallest absolute Gasteiger partial charge is 0.0656 e. The largest absolute Gasteiger partial charge is 0.176 e. The Balaban J connectivity index is 2.25. The van der Waals surface area contributed by atoms with E-state index in [4.69, 9.17) is 0 Å². The van der Waals surface area contributed by atoms with E-state index in [-0.39, 0.29) is 0 Å². The van der Waals surface area contributed by atoms with Crippen LogP contribution in [0.3, 0.4) is 0 Å². The third-order valence-electron chi connectivity index (χ3n) is 8.56. The first kappa shape index (κ1) is 26.8. The molecule has 3 aromatic carbocycles. The maximum absolute atomic E-state index is 2.65. The second-order valence-electron chi connectivity index (χ2n) is 12.8. The van der Waals surface area contributed by atoms with Gasteiger partial charge in [0, 0.05) is 0 Å². The summed E-state index contributed by atoms with van der Waals surface area (Å²) < 4.78 is 0. The second kappa shape index (κ2) is 9.59. The van der Waals surface area contributed by atoms with Crippen LogP contribution < -0.4 is 25.9 Å². The van der Waals surface area contributed by atoms with E-state index in [0.717, 1.165) is 0 Å². The van der Waals surface area contributed by atoms with Gasteiger partial charge in [0.15, 0.2) is 8.07 Å². The standard InChI is InChI=1S/C33H44Si3/c1-24-25(2)27(4)33(26(24)3)36(28-17-13-11-14-18-28,29-19-15-12-16-20-29)32-22-30(34(5,6)7)21-31(23-32)35(8,9)10/h11-23,26H,1-10H3. The van der Waals surface area contributed by atoms with Crippen LogP contribution in [-0.2, 0) is 0 Å². The Labute approximate surface area is 223 Å². The summed E-state index contributed by atoms with van der Waals surface area (Å²) in [5.74, 6) is 0.447. The van der Waals surface area contributed by atoms with Crippen LogP contribution in [0.15, 0.2) is 101 Å². The summed E-state index contributed by atoms with van der Waals surface area (Å²) in [6.45, 7) is 24.6. The Hall–Kier alpha value is -2.21. The molecule has 0 radical (unpaired) electrons. The third-order valence-corrected chi connectivity index (χ3v) is 17.8. The van der Waals surface area contributed by atoms with E-state index in [1.165, 1.54) is 27.1 Å². The lowest BCUT2D eigenvalue weighted by atomic mass is 10.1. The highest BCUT2D eigenvalue weighted by Crippen LogP contribution is 2.41. The van der Waals surface area contributed by atoms with Crippen LogP contribution in [0.4, 0.5) is 0 Å². The fourth-order valence-electron chi connectivity index (χ4n) is 6.02. The third kappa shape index (κ3) is 4.51. The molecule has 0 amide bonds. The van der Waals surface area contributed by atoms with Gasteiger partial charge in [-0.1, -0.05) is 152 Å². The Morgan fingerprint density at radius 2 is 0.889 bits per heavy atom. The van der Waals surface area contributed by atoms with Gasteiger partial charge in [0.1, 0.15) is 0 Å². The topological polar surface area (TPSA) is 0 Å². The summed E-state index contributed by atoms with van der Waals surface area (Å²) in [6.07, 6.45) is 0. The monoisotopic (exact) mass is 524 g/mol. The molecule has 3 heteroatoms. The van der Waals surface area contributed by atoms with Crippen LogP contribution in [0.5, 0.6) is 0 Å². The fourth-order valence-corrected chi connectivity index (χ4v) is 14.5. The van der Waals surface area contributed by atoms with Crippen LogP contribution in [0.25, 0.3) is 0 Å². The van der Waals surface area contributed by atoms with Crippen LogP contribution in [0.1, 0.15) is 27.7 Å². The van der Waals surface area contributed by atoms with Gasteiger partial charge in [0.05, 0.1) is 16.1 Å². The molecule has 0 saturated heterocycles. The minimum Gasteiger partial charge on any atom is -0.0656 e. The van der Waals surface area contributed by atoms with E-state index in [1.54, 1.807) is 20.8 Å². The summed E-state index contributed by atoms with van der Waals surface area (Å²) in [4.78, 5) is 0. The fraction of sp³-hybridized carbons (Fsp3) is 0.333. The van der Waals surface area contributed by atoms with Crippen molar-refractivity contribution >= 4 is 50.2 Å². The summed E-state index contributed by atoms with van der Waals surface area (Å²) in [7, 11) is -5.61. The Bertz CT molecular complexity index is 1250. The summed E-state index contributed by atoms with van der Waals surface area (Å²) >= 11 is 0. The highest BCUT2D eigenvalue weighted by molar-refractivity contribution is 7.16. The molecule has 3 aromatic rings. The van der Waals surface area contributed by atoms with Crippen LogP contribution >= 0.6 is 0 Å². The second-order valence-corrected chi connectivity index (χ2v) is 26.8. The van der Waals surface area contributed by atoms with E-state index in [0.29, 0.717) is 5.92 Å². The first-order valence-electron chi connectivity index (χ1n) is 13.5. The van der Waals surface area contributed by atoms with E-state index in [9.17, 15) is 0 Å². The molecule has 0 heterocycles. The molecule has 0 aliphatic heterocycles. The zero-order chi connectivity index (χ0) is 26.5. The van der Waals surface area contributed by atoms with Crippen molar-refractivity contribution in [1.82, 2.24) is 0 Å². The van der Waals surface area contributed by atoms with Gasteiger partial charge in [-0.25, -0.2) is 0 Å². The van der Waals surface area contributed by atoms with Crippen molar-refractivity contribution in [1.29, 1.82) is 0 Å². The van der Waals surface area contributed by atoms with Crippen molar-refractivity contribution in [3.8, 4) is 0 Å². The molecule has 0 fully saturated rings. The van der Waals surface area contributed by atoms with Crippen LogP contribution in [-0.4, -0.2) is 24.2 Å². The van der Waals surface area contributed by atoms with Crippen molar-refractivity contribution in [2.24, 2.45) is 5.92 Å². The van der Waals surface area contributed by atoms with E-state index in [1.807, 2.05) is 0 Å². The van der Waals surface area contributed by atoms with Gasteiger partial charge in [0.25, 0.3) is 0 Å². The molecular weight excluding hydrogens is 481 g/mol. The molecular formula is C33H44Si3. The van der Waals surface area contributed by atoms with Crippen LogP contribution in [0, 0.1) is 5.92 Å². The molecule has 4 rings (SSSR count). The Morgan fingerprint density at radius 1 is 0.500 bits per heavy atom. The zero-order valence-electron chi connectivity index (χ0n) is 24.1. The lowest BCUT2D eigenvalue weighted by molar-refractivity contribution is 0.851. The number of hydrogen-bond acceptors (Lipinski definition) is 0.